The van der Waals surface area contributed by atoms with Crippen molar-refractivity contribution in [2.24, 2.45) is 0 Å². The van der Waals surface area contributed by atoms with Gasteiger partial charge in [-0.15, -0.1) is 10.2 Å². The normalized spacial score (nSPS) is 11.0. The van der Waals surface area contributed by atoms with Gasteiger partial charge in [0.15, 0.2) is 11.5 Å². The molecular formula is C21H19N5O3. The minimum absolute atomic E-state index is 0.0307. The Bertz CT molecular complexity index is 1250. The van der Waals surface area contributed by atoms with Crippen LogP contribution in [0.3, 0.4) is 0 Å². The summed E-state index contributed by atoms with van der Waals surface area (Å²) in [7, 11) is 0. The van der Waals surface area contributed by atoms with Gasteiger partial charge in [0.2, 0.25) is 0 Å². The number of benzene rings is 2. The van der Waals surface area contributed by atoms with Crippen LogP contribution in [0.15, 0.2) is 57.7 Å². The van der Waals surface area contributed by atoms with Crippen molar-refractivity contribution in [2.45, 2.75) is 27.3 Å². The molecule has 0 bridgehead atoms. The van der Waals surface area contributed by atoms with Gasteiger partial charge >= 0.3 is 5.76 Å². The standard InChI is InChI=1S/C21H19N5O3/c1-13-9-10-17(14(2)11-13)18(27)12-25-21(28)29-20(24-25)19-15(3)22-26(23-19)16-7-5-4-6-8-16/h4-11H,12H2,1-3H3. The fourth-order valence-corrected chi connectivity index (χ4v) is 3.10. The maximum Gasteiger partial charge on any atom is 0.437 e. The van der Waals surface area contributed by atoms with E-state index in [1.54, 1.807) is 13.0 Å². The molecule has 0 N–H and O–H groups in total. The quantitative estimate of drug-likeness (QED) is 0.487. The summed E-state index contributed by atoms with van der Waals surface area (Å²) >= 11 is 0. The summed E-state index contributed by atoms with van der Waals surface area (Å²) in [6.07, 6.45) is 0. The average Bonchev–Trinajstić information content (AvgIpc) is 3.25. The summed E-state index contributed by atoms with van der Waals surface area (Å²) in [6.45, 7) is 5.36. The van der Waals surface area contributed by atoms with Gasteiger partial charge in [-0.3, -0.25) is 4.79 Å². The van der Waals surface area contributed by atoms with Crippen molar-refractivity contribution in [2.75, 3.05) is 0 Å². The van der Waals surface area contributed by atoms with Gasteiger partial charge in [-0.25, -0.2) is 4.79 Å². The number of carbonyl (C=O) groups excluding carboxylic acids is 1. The number of para-hydroxylation sites is 1. The number of hydrogen-bond donors (Lipinski definition) is 0. The molecule has 0 unspecified atom stereocenters. The first-order valence-electron chi connectivity index (χ1n) is 9.10. The molecule has 0 atom stereocenters. The summed E-state index contributed by atoms with van der Waals surface area (Å²) in [5, 5.41) is 12.9. The molecule has 2 aromatic heterocycles. The van der Waals surface area contributed by atoms with Gasteiger partial charge in [0, 0.05) is 5.56 Å². The van der Waals surface area contributed by atoms with Gasteiger partial charge in [-0.2, -0.15) is 14.6 Å². The minimum atomic E-state index is -0.716. The highest BCUT2D eigenvalue weighted by Gasteiger charge is 2.20. The topological polar surface area (TPSA) is 95.8 Å². The van der Waals surface area contributed by atoms with E-state index in [2.05, 4.69) is 15.3 Å². The molecule has 0 aliphatic carbocycles. The van der Waals surface area contributed by atoms with E-state index < -0.39 is 5.76 Å². The van der Waals surface area contributed by atoms with Crippen molar-refractivity contribution in [1.82, 2.24) is 24.8 Å². The first-order valence-corrected chi connectivity index (χ1v) is 9.10. The van der Waals surface area contributed by atoms with E-state index in [4.69, 9.17) is 4.42 Å². The van der Waals surface area contributed by atoms with Crippen molar-refractivity contribution < 1.29 is 9.21 Å². The Labute approximate surface area is 166 Å². The number of hydrogen-bond acceptors (Lipinski definition) is 6. The monoisotopic (exact) mass is 389 g/mol. The fourth-order valence-electron chi connectivity index (χ4n) is 3.10. The molecule has 8 heteroatoms. The molecule has 146 valence electrons. The number of aryl methyl sites for hydroxylation is 3. The number of carbonyl (C=O) groups is 1. The molecule has 2 heterocycles. The zero-order valence-electron chi connectivity index (χ0n) is 16.3. The van der Waals surface area contributed by atoms with Crippen LogP contribution >= 0.6 is 0 Å². The molecule has 0 saturated carbocycles. The Morgan fingerprint density at radius 3 is 2.48 bits per heavy atom. The largest absolute Gasteiger partial charge is 0.437 e. The molecule has 29 heavy (non-hydrogen) atoms. The van der Waals surface area contributed by atoms with Gasteiger partial charge in [0.1, 0.15) is 6.54 Å². The molecule has 0 aliphatic rings. The second kappa shape index (κ2) is 7.31. The molecule has 0 radical (unpaired) electrons. The van der Waals surface area contributed by atoms with E-state index in [-0.39, 0.29) is 18.2 Å². The molecule has 0 amide bonds. The predicted molar refractivity (Wildman–Crippen MR) is 106 cm³/mol. The summed E-state index contributed by atoms with van der Waals surface area (Å²) in [6, 6.07) is 14.9. The summed E-state index contributed by atoms with van der Waals surface area (Å²) in [5.41, 5.74) is 4.16. The number of aromatic nitrogens is 5. The van der Waals surface area contributed by atoms with Crippen LogP contribution in [0.1, 0.15) is 27.2 Å². The summed E-state index contributed by atoms with van der Waals surface area (Å²) < 4.78 is 6.26. The second-order valence-electron chi connectivity index (χ2n) is 6.83. The third-order valence-corrected chi connectivity index (χ3v) is 4.55. The second-order valence-corrected chi connectivity index (χ2v) is 6.83. The number of Topliss-reactive ketones (excluding diaryl/α,β-unsaturated/α-hetero) is 1. The van der Waals surface area contributed by atoms with E-state index >= 15 is 0 Å². The Kier molecular flexibility index (Phi) is 4.67. The van der Waals surface area contributed by atoms with Crippen molar-refractivity contribution in [3.8, 4) is 17.3 Å². The van der Waals surface area contributed by atoms with Crippen LogP contribution in [-0.2, 0) is 6.54 Å². The Balaban J connectivity index is 1.63. The minimum Gasteiger partial charge on any atom is -0.386 e. The molecule has 0 saturated heterocycles. The highest BCUT2D eigenvalue weighted by Crippen LogP contribution is 2.18. The van der Waals surface area contributed by atoms with E-state index in [1.165, 1.54) is 4.80 Å². The van der Waals surface area contributed by atoms with Crippen LogP contribution < -0.4 is 5.76 Å². The molecule has 8 nitrogen and oxygen atoms in total. The molecule has 4 aromatic rings. The number of ketones is 1. The highest BCUT2D eigenvalue weighted by atomic mass is 16.4. The lowest BCUT2D eigenvalue weighted by Crippen LogP contribution is -2.22. The smallest absolute Gasteiger partial charge is 0.386 e. The van der Waals surface area contributed by atoms with E-state index in [9.17, 15) is 9.59 Å². The van der Waals surface area contributed by atoms with Gasteiger partial charge in [0.05, 0.1) is 11.4 Å². The molecule has 4 rings (SSSR count). The third kappa shape index (κ3) is 3.64. The summed E-state index contributed by atoms with van der Waals surface area (Å²) in [5.74, 6) is -0.899. The lowest BCUT2D eigenvalue weighted by atomic mass is 10.0. The van der Waals surface area contributed by atoms with E-state index in [0.717, 1.165) is 21.5 Å². The number of rotatable bonds is 5. The van der Waals surface area contributed by atoms with Crippen molar-refractivity contribution >= 4 is 5.78 Å². The van der Waals surface area contributed by atoms with E-state index in [1.807, 2.05) is 56.3 Å². The van der Waals surface area contributed by atoms with Crippen LogP contribution in [0.25, 0.3) is 17.3 Å². The Morgan fingerprint density at radius 2 is 1.76 bits per heavy atom. The maximum absolute atomic E-state index is 12.6. The van der Waals surface area contributed by atoms with E-state index in [0.29, 0.717) is 17.0 Å². The van der Waals surface area contributed by atoms with Crippen LogP contribution in [0, 0.1) is 20.8 Å². The third-order valence-electron chi connectivity index (χ3n) is 4.55. The van der Waals surface area contributed by atoms with Crippen molar-refractivity contribution in [1.29, 1.82) is 0 Å². The first kappa shape index (κ1) is 18.5. The van der Waals surface area contributed by atoms with Crippen LogP contribution in [0.2, 0.25) is 0 Å². The van der Waals surface area contributed by atoms with Gasteiger partial charge in [0.25, 0.3) is 5.89 Å². The van der Waals surface area contributed by atoms with Crippen molar-refractivity contribution in [3.05, 3.63) is 81.5 Å². The molecule has 0 aliphatic heterocycles. The zero-order valence-corrected chi connectivity index (χ0v) is 16.3. The molecule has 0 fully saturated rings. The lowest BCUT2D eigenvalue weighted by Gasteiger charge is -2.05. The average molecular weight is 389 g/mol. The van der Waals surface area contributed by atoms with Gasteiger partial charge in [-0.1, -0.05) is 42.0 Å². The highest BCUT2D eigenvalue weighted by molar-refractivity contribution is 5.97. The molecular weight excluding hydrogens is 370 g/mol. The van der Waals surface area contributed by atoms with Gasteiger partial charge < -0.3 is 4.42 Å². The SMILES string of the molecule is Cc1ccc(C(=O)Cn2nc(-c3nn(-c4ccccc4)nc3C)oc2=O)c(C)c1. The lowest BCUT2D eigenvalue weighted by molar-refractivity contribution is 0.0964. The first-order chi connectivity index (χ1) is 13.9. The molecule has 0 spiro atoms. The maximum atomic E-state index is 12.6. The van der Waals surface area contributed by atoms with Crippen LogP contribution in [0.4, 0.5) is 0 Å². The fraction of sp³-hybridized carbons (Fsp3) is 0.190. The zero-order chi connectivity index (χ0) is 20.5. The summed E-state index contributed by atoms with van der Waals surface area (Å²) in [4.78, 5) is 26.3. The van der Waals surface area contributed by atoms with Crippen LogP contribution in [-0.4, -0.2) is 30.6 Å². The Hall–Kier alpha value is -3.81. The van der Waals surface area contributed by atoms with Crippen LogP contribution in [0.5, 0.6) is 0 Å². The van der Waals surface area contributed by atoms with Gasteiger partial charge in [-0.05, 0) is 38.5 Å². The van der Waals surface area contributed by atoms with Crippen molar-refractivity contribution in [3.63, 3.8) is 0 Å². The number of nitrogens with zero attached hydrogens (tertiary/aromatic N) is 5. The predicted octanol–water partition coefficient (Wildman–Crippen LogP) is 2.89. The Morgan fingerprint density at radius 1 is 1.00 bits per heavy atom. The molecule has 2 aromatic carbocycles.